The van der Waals surface area contributed by atoms with E-state index in [1.807, 2.05) is 37.4 Å². The first-order valence-corrected chi connectivity index (χ1v) is 8.58. The Morgan fingerprint density at radius 2 is 2.00 bits per heavy atom. The average molecular weight is 393 g/mol. The molecule has 1 atom stereocenters. The second kappa shape index (κ2) is 8.43. The number of halogens is 1. The number of benzene rings is 2. The first-order chi connectivity index (χ1) is 11.0. The number of nitrogens with two attached hydrogens (primary N) is 1. The molecule has 0 spiro atoms. The van der Waals surface area contributed by atoms with Crippen LogP contribution in [0.15, 0.2) is 58.0 Å². The zero-order chi connectivity index (χ0) is 16.8. The highest BCUT2D eigenvalue weighted by Crippen LogP contribution is 2.25. The number of methoxy groups -OCH3 is 1. The van der Waals surface area contributed by atoms with Crippen molar-refractivity contribution in [3.05, 3.63) is 58.7 Å². The molecule has 0 saturated carbocycles. The van der Waals surface area contributed by atoms with Crippen molar-refractivity contribution in [2.45, 2.75) is 24.3 Å². The third kappa shape index (κ3) is 5.03. The molecule has 0 bridgehead atoms. The number of hydrogen-bond donors (Lipinski definition) is 3. The van der Waals surface area contributed by atoms with Gasteiger partial charge in [-0.15, -0.1) is 12.6 Å². The Balaban J connectivity index is 0.000000174. The molecule has 0 fully saturated rings. The van der Waals surface area contributed by atoms with Gasteiger partial charge in [-0.25, -0.2) is 0 Å². The van der Waals surface area contributed by atoms with Crippen LogP contribution in [0, 0.1) is 0 Å². The summed E-state index contributed by atoms with van der Waals surface area (Å²) in [7, 11) is 1.63. The summed E-state index contributed by atoms with van der Waals surface area (Å²) in [4.78, 5) is 4.08. The third-order valence-electron chi connectivity index (χ3n) is 3.36. The number of aromatic nitrogens is 1. The lowest BCUT2D eigenvalue weighted by Crippen LogP contribution is -2.17. The van der Waals surface area contributed by atoms with Crippen molar-refractivity contribution in [1.29, 1.82) is 0 Å². The number of aromatic amines is 1. The molecule has 3 N–H and O–H groups in total. The second-order valence-corrected chi connectivity index (χ2v) is 6.75. The van der Waals surface area contributed by atoms with Gasteiger partial charge < -0.3 is 15.5 Å². The number of ether oxygens (including phenoxy) is 1. The zero-order valence-corrected chi connectivity index (χ0v) is 15.7. The first-order valence-electron chi connectivity index (χ1n) is 7.34. The molecule has 0 saturated heterocycles. The van der Waals surface area contributed by atoms with E-state index in [-0.39, 0.29) is 6.04 Å². The molecule has 0 radical (unpaired) electrons. The summed E-state index contributed by atoms with van der Waals surface area (Å²) in [5.41, 5.74) is 8.26. The van der Waals surface area contributed by atoms with Gasteiger partial charge >= 0.3 is 0 Å². The van der Waals surface area contributed by atoms with Gasteiger partial charge in [-0.05, 0) is 43.2 Å². The molecule has 5 heteroatoms. The van der Waals surface area contributed by atoms with Crippen LogP contribution in [0.1, 0.15) is 12.5 Å². The fourth-order valence-corrected chi connectivity index (χ4v) is 3.15. The van der Waals surface area contributed by atoms with Crippen LogP contribution in [0.5, 0.6) is 5.75 Å². The van der Waals surface area contributed by atoms with Crippen LogP contribution in [-0.4, -0.2) is 18.1 Å². The van der Waals surface area contributed by atoms with Crippen molar-refractivity contribution in [2.75, 3.05) is 7.11 Å². The Hall–Kier alpha value is -1.43. The Kier molecular flexibility index (Phi) is 6.57. The SMILES string of the molecule is CC(N)Cc1c[nH]c2ccccc12.COc1ccc(Br)cc1S. The molecule has 122 valence electrons. The van der Waals surface area contributed by atoms with Crippen molar-refractivity contribution in [2.24, 2.45) is 5.73 Å². The van der Waals surface area contributed by atoms with Crippen molar-refractivity contribution < 1.29 is 4.74 Å². The Bertz CT molecular complexity index is 771. The van der Waals surface area contributed by atoms with E-state index >= 15 is 0 Å². The molecule has 3 nitrogen and oxygen atoms in total. The van der Waals surface area contributed by atoms with Crippen molar-refractivity contribution in [3.8, 4) is 5.75 Å². The van der Waals surface area contributed by atoms with Crippen LogP contribution in [-0.2, 0) is 6.42 Å². The smallest absolute Gasteiger partial charge is 0.132 e. The predicted molar refractivity (Wildman–Crippen MR) is 104 cm³/mol. The van der Waals surface area contributed by atoms with Gasteiger partial charge in [-0.2, -0.15) is 0 Å². The van der Waals surface area contributed by atoms with E-state index in [0.717, 1.165) is 21.5 Å². The molecule has 0 aliphatic heterocycles. The lowest BCUT2D eigenvalue weighted by atomic mass is 10.1. The maximum Gasteiger partial charge on any atom is 0.132 e. The van der Waals surface area contributed by atoms with E-state index in [1.54, 1.807) is 7.11 Å². The molecular weight excluding hydrogens is 372 g/mol. The largest absolute Gasteiger partial charge is 0.496 e. The van der Waals surface area contributed by atoms with Gasteiger partial charge in [0, 0.05) is 32.5 Å². The van der Waals surface area contributed by atoms with E-state index < -0.39 is 0 Å². The summed E-state index contributed by atoms with van der Waals surface area (Å²) in [6.07, 6.45) is 2.98. The fraction of sp³-hybridized carbons (Fsp3) is 0.222. The van der Waals surface area contributed by atoms with Gasteiger partial charge in [0.25, 0.3) is 0 Å². The van der Waals surface area contributed by atoms with Crippen molar-refractivity contribution in [3.63, 3.8) is 0 Å². The normalized spacial score (nSPS) is 11.7. The highest BCUT2D eigenvalue weighted by atomic mass is 79.9. The van der Waals surface area contributed by atoms with Crippen LogP contribution < -0.4 is 10.5 Å². The van der Waals surface area contributed by atoms with Gasteiger partial charge in [0.1, 0.15) is 5.75 Å². The van der Waals surface area contributed by atoms with E-state index in [1.165, 1.54) is 16.5 Å². The predicted octanol–water partition coefficient (Wildman–Crippen LogP) is 4.80. The van der Waals surface area contributed by atoms with Crippen LogP contribution in [0.3, 0.4) is 0 Å². The number of para-hydroxylation sites is 1. The number of H-pyrrole nitrogens is 1. The Morgan fingerprint density at radius 3 is 2.65 bits per heavy atom. The van der Waals surface area contributed by atoms with E-state index in [0.29, 0.717) is 0 Å². The van der Waals surface area contributed by atoms with E-state index in [4.69, 9.17) is 10.5 Å². The van der Waals surface area contributed by atoms with Crippen LogP contribution >= 0.6 is 28.6 Å². The summed E-state index contributed by atoms with van der Waals surface area (Å²) in [5, 5.41) is 1.29. The zero-order valence-electron chi connectivity index (χ0n) is 13.2. The topological polar surface area (TPSA) is 51.0 Å². The van der Waals surface area contributed by atoms with Crippen LogP contribution in [0.2, 0.25) is 0 Å². The molecule has 2 aromatic carbocycles. The molecule has 0 amide bonds. The van der Waals surface area contributed by atoms with Crippen LogP contribution in [0.25, 0.3) is 10.9 Å². The standard InChI is InChI=1S/C11H14N2.C7H7BrOS/c1-8(12)6-9-7-13-11-5-3-2-4-10(9)11;1-9-6-3-2-5(8)4-7(6)10/h2-5,7-8,13H,6,12H2,1H3;2-4,10H,1H3. The number of fused-ring (bicyclic) bond motifs is 1. The Morgan fingerprint density at radius 1 is 1.26 bits per heavy atom. The summed E-state index contributed by atoms with van der Waals surface area (Å²) >= 11 is 7.51. The van der Waals surface area contributed by atoms with Gasteiger partial charge in [-0.3, -0.25) is 0 Å². The maximum absolute atomic E-state index is 5.76. The number of thiol groups is 1. The third-order valence-corrected chi connectivity index (χ3v) is 4.20. The molecule has 0 aliphatic carbocycles. The van der Waals surface area contributed by atoms with Crippen molar-refractivity contribution >= 4 is 39.5 Å². The van der Waals surface area contributed by atoms with Gasteiger partial charge in [0.05, 0.1) is 7.11 Å². The summed E-state index contributed by atoms with van der Waals surface area (Å²) < 4.78 is 6.02. The summed E-state index contributed by atoms with van der Waals surface area (Å²) in [6.45, 7) is 2.03. The molecule has 1 unspecified atom stereocenters. The van der Waals surface area contributed by atoms with Gasteiger partial charge in [-0.1, -0.05) is 34.1 Å². The molecule has 1 aromatic heterocycles. The van der Waals surface area contributed by atoms with E-state index in [9.17, 15) is 0 Å². The van der Waals surface area contributed by atoms with Crippen LogP contribution in [0.4, 0.5) is 0 Å². The highest BCUT2D eigenvalue weighted by molar-refractivity contribution is 9.10. The number of hydrogen-bond acceptors (Lipinski definition) is 3. The lowest BCUT2D eigenvalue weighted by molar-refractivity contribution is 0.405. The number of rotatable bonds is 3. The maximum atomic E-state index is 5.76. The molecule has 3 rings (SSSR count). The number of nitrogens with one attached hydrogen (secondary N) is 1. The molecule has 1 heterocycles. The molecule has 0 aliphatic rings. The van der Waals surface area contributed by atoms with Gasteiger partial charge in [0.2, 0.25) is 0 Å². The highest BCUT2D eigenvalue weighted by Gasteiger charge is 2.04. The molecular formula is C18H21BrN2OS. The monoisotopic (exact) mass is 392 g/mol. The Labute approximate surface area is 150 Å². The second-order valence-electron chi connectivity index (χ2n) is 5.36. The first kappa shape index (κ1) is 17.9. The minimum Gasteiger partial charge on any atom is -0.496 e. The summed E-state index contributed by atoms with van der Waals surface area (Å²) in [6, 6.07) is 14.2. The quantitative estimate of drug-likeness (QED) is 0.560. The molecule has 3 aromatic rings. The van der Waals surface area contributed by atoms with Gasteiger partial charge in [0.15, 0.2) is 0 Å². The summed E-state index contributed by atoms with van der Waals surface area (Å²) in [5.74, 6) is 0.798. The minimum absolute atomic E-state index is 0.221. The lowest BCUT2D eigenvalue weighted by Gasteiger charge is -2.02. The van der Waals surface area contributed by atoms with Crippen molar-refractivity contribution in [1.82, 2.24) is 4.98 Å². The minimum atomic E-state index is 0.221. The fourth-order valence-electron chi connectivity index (χ4n) is 2.31. The van der Waals surface area contributed by atoms with E-state index in [2.05, 4.69) is 51.7 Å². The average Bonchev–Trinajstić information content (AvgIpc) is 2.91. The molecule has 23 heavy (non-hydrogen) atoms.